The van der Waals surface area contributed by atoms with Crippen molar-refractivity contribution in [2.75, 3.05) is 46.5 Å². The minimum atomic E-state index is -0.137. The Hall–Kier alpha value is -2.30. The number of hydrogen-bond donors (Lipinski definition) is 1. The van der Waals surface area contributed by atoms with E-state index in [1.54, 1.807) is 7.11 Å². The molecule has 0 aromatic heterocycles. The highest BCUT2D eigenvalue weighted by molar-refractivity contribution is 5.98. The van der Waals surface area contributed by atoms with Crippen LogP contribution in [0.2, 0.25) is 0 Å². The number of hydrogen-bond acceptors (Lipinski definition) is 6. The first kappa shape index (κ1) is 21.4. The standard InChI is InChI=1S/C22H31N3O4/c1-16-12-18(21-19(13-16)28-10-5-11-29-21)22(26)24-14-17-6-9-25(8-4-3-7-23)15-20(17)27-2/h12-13,17,20H,3-6,8-11,14-15H2,1-2H3,(H,24,26)/t17-,20+/m0/s1. The molecule has 3 rings (SSSR count). The lowest BCUT2D eigenvalue weighted by Crippen LogP contribution is -2.48. The largest absolute Gasteiger partial charge is 0.490 e. The third-order valence-corrected chi connectivity index (χ3v) is 5.61. The first-order valence-corrected chi connectivity index (χ1v) is 10.4. The molecule has 158 valence electrons. The minimum Gasteiger partial charge on any atom is -0.490 e. The number of aryl methyl sites for hydroxylation is 1. The SMILES string of the molecule is CO[C@@H]1CN(CCCC#N)CC[C@H]1CNC(=O)c1cc(C)cc2c1OCCCO2. The third-order valence-electron chi connectivity index (χ3n) is 5.61. The van der Waals surface area contributed by atoms with Crippen molar-refractivity contribution in [3.05, 3.63) is 23.3 Å². The first-order chi connectivity index (χ1) is 14.1. The van der Waals surface area contributed by atoms with Crippen molar-refractivity contribution in [3.63, 3.8) is 0 Å². The number of ether oxygens (including phenoxy) is 3. The minimum absolute atomic E-state index is 0.0698. The summed E-state index contributed by atoms with van der Waals surface area (Å²) >= 11 is 0. The Bertz CT molecular complexity index is 746. The summed E-state index contributed by atoms with van der Waals surface area (Å²) in [6, 6.07) is 5.97. The van der Waals surface area contributed by atoms with E-state index < -0.39 is 0 Å². The summed E-state index contributed by atoms with van der Waals surface area (Å²) in [5.74, 6) is 1.31. The van der Waals surface area contributed by atoms with Crippen LogP contribution in [0.1, 0.15) is 41.6 Å². The fourth-order valence-corrected chi connectivity index (χ4v) is 4.01. The predicted molar refractivity (Wildman–Crippen MR) is 109 cm³/mol. The van der Waals surface area contributed by atoms with Gasteiger partial charge in [-0.1, -0.05) is 0 Å². The fourth-order valence-electron chi connectivity index (χ4n) is 4.01. The topological polar surface area (TPSA) is 83.8 Å². The Morgan fingerprint density at radius 1 is 1.38 bits per heavy atom. The Kier molecular flexibility index (Phi) is 7.73. The number of carbonyl (C=O) groups excluding carboxylic acids is 1. The molecule has 0 radical (unpaired) electrons. The summed E-state index contributed by atoms with van der Waals surface area (Å²) in [5.41, 5.74) is 1.50. The van der Waals surface area contributed by atoms with Crippen molar-refractivity contribution in [1.82, 2.24) is 10.2 Å². The van der Waals surface area contributed by atoms with Gasteiger partial charge in [-0.05, 0) is 50.6 Å². The number of unbranched alkanes of at least 4 members (excludes halogenated alkanes) is 1. The van der Waals surface area contributed by atoms with Gasteiger partial charge in [0.05, 0.1) is 31.0 Å². The molecule has 2 aliphatic rings. The van der Waals surface area contributed by atoms with Gasteiger partial charge in [-0.2, -0.15) is 5.26 Å². The molecular weight excluding hydrogens is 370 g/mol. The van der Waals surface area contributed by atoms with Crippen LogP contribution in [0.5, 0.6) is 11.5 Å². The number of fused-ring (bicyclic) bond motifs is 1. The number of likely N-dealkylation sites (tertiary alicyclic amines) is 1. The fraction of sp³-hybridized carbons (Fsp3) is 0.636. The number of nitriles is 1. The molecule has 29 heavy (non-hydrogen) atoms. The molecule has 0 bridgehead atoms. The molecule has 1 fully saturated rings. The van der Waals surface area contributed by atoms with Gasteiger partial charge in [0.1, 0.15) is 0 Å². The average Bonchev–Trinajstić information content (AvgIpc) is 2.97. The van der Waals surface area contributed by atoms with Crippen LogP contribution in [0.15, 0.2) is 12.1 Å². The van der Waals surface area contributed by atoms with Crippen LogP contribution in [-0.4, -0.2) is 63.4 Å². The van der Waals surface area contributed by atoms with Crippen LogP contribution in [0.3, 0.4) is 0 Å². The second-order valence-electron chi connectivity index (χ2n) is 7.79. The molecule has 0 saturated carbocycles. The van der Waals surface area contributed by atoms with Crippen LogP contribution in [0, 0.1) is 24.2 Å². The molecule has 2 heterocycles. The molecule has 1 saturated heterocycles. The van der Waals surface area contributed by atoms with Crippen LogP contribution >= 0.6 is 0 Å². The normalized spacial score (nSPS) is 21.8. The number of carbonyl (C=O) groups is 1. The van der Waals surface area contributed by atoms with Crippen molar-refractivity contribution >= 4 is 5.91 Å². The Morgan fingerprint density at radius 3 is 3.00 bits per heavy atom. The highest BCUT2D eigenvalue weighted by atomic mass is 16.5. The molecule has 1 aromatic rings. The van der Waals surface area contributed by atoms with Crippen molar-refractivity contribution in [2.45, 2.75) is 38.7 Å². The summed E-state index contributed by atoms with van der Waals surface area (Å²) in [5, 5.41) is 11.8. The van der Waals surface area contributed by atoms with Gasteiger partial charge in [-0.25, -0.2) is 0 Å². The number of benzene rings is 1. The lowest BCUT2D eigenvalue weighted by molar-refractivity contribution is -0.0105. The monoisotopic (exact) mass is 401 g/mol. The van der Waals surface area contributed by atoms with Gasteiger partial charge in [0, 0.05) is 39.0 Å². The van der Waals surface area contributed by atoms with Crippen molar-refractivity contribution in [1.29, 1.82) is 5.26 Å². The number of methoxy groups -OCH3 is 1. The van der Waals surface area contributed by atoms with Gasteiger partial charge in [0.25, 0.3) is 5.91 Å². The van der Waals surface area contributed by atoms with E-state index in [9.17, 15) is 4.79 Å². The zero-order valence-electron chi connectivity index (χ0n) is 17.4. The lowest BCUT2D eigenvalue weighted by Gasteiger charge is -2.37. The molecule has 1 aromatic carbocycles. The third kappa shape index (κ3) is 5.62. The van der Waals surface area contributed by atoms with E-state index in [1.807, 2.05) is 19.1 Å². The van der Waals surface area contributed by atoms with Gasteiger partial charge in [-0.15, -0.1) is 0 Å². The van der Waals surface area contributed by atoms with Crippen molar-refractivity contribution < 1.29 is 19.0 Å². The maximum atomic E-state index is 12.9. The van der Waals surface area contributed by atoms with Gasteiger partial charge in [0.2, 0.25) is 0 Å². The summed E-state index contributed by atoms with van der Waals surface area (Å²) < 4.78 is 17.3. The quantitative estimate of drug-likeness (QED) is 0.707. The number of nitrogens with zero attached hydrogens (tertiary/aromatic N) is 2. The molecule has 1 amide bonds. The smallest absolute Gasteiger partial charge is 0.255 e. The number of amides is 1. The molecule has 7 nitrogen and oxygen atoms in total. The summed E-state index contributed by atoms with van der Waals surface area (Å²) in [6.07, 6.45) is 3.30. The molecule has 7 heteroatoms. The molecule has 0 spiro atoms. The van der Waals surface area contributed by atoms with Gasteiger partial charge in [-0.3, -0.25) is 4.79 Å². The van der Waals surface area contributed by atoms with E-state index in [1.165, 1.54) is 0 Å². The van der Waals surface area contributed by atoms with E-state index in [0.717, 1.165) is 44.5 Å². The highest BCUT2D eigenvalue weighted by Crippen LogP contribution is 2.34. The van der Waals surface area contributed by atoms with Crippen LogP contribution in [-0.2, 0) is 4.74 Å². The van der Waals surface area contributed by atoms with Crippen molar-refractivity contribution in [2.24, 2.45) is 5.92 Å². The molecule has 1 N–H and O–H groups in total. The molecule has 0 aliphatic carbocycles. The molecular formula is C22H31N3O4. The highest BCUT2D eigenvalue weighted by Gasteiger charge is 2.30. The van der Waals surface area contributed by atoms with E-state index in [-0.39, 0.29) is 17.9 Å². The van der Waals surface area contributed by atoms with E-state index in [2.05, 4.69) is 16.3 Å². The zero-order chi connectivity index (χ0) is 20.6. The number of nitrogens with one attached hydrogen (secondary N) is 1. The summed E-state index contributed by atoms with van der Waals surface area (Å²) in [6.45, 7) is 6.37. The Morgan fingerprint density at radius 2 is 2.21 bits per heavy atom. The maximum absolute atomic E-state index is 12.9. The van der Waals surface area contributed by atoms with E-state index >= 15 is 0 Å². The number of piperidine rings is 1. The predicted octanol–water partition coefficient (Wildman–Crippen LogP) is 2.53. The molecule has 0 unspecified atom stereocenters. The second kappa shape index (κ2) is 10.5. The van der Waals surface area contributed by atoms with Gasteiger partial charge < -0.3 is 24.4 Å². The van der Waals surface area contributed by atoms with Crippen LogP contribution in [0.4, 0.5) is 0 Å². The zero-order valence-corrected chi connectivity index (χ0v) is 17.4. The van der Waals surface area contributed by atoms with Crippen LogP contribution in [0.25, 0.3) is 0 Å². The number of rotatable bonds is 7. The lowest BCUT2D eigenvalue weighted by atomic mass is 9.93. The summed E-state index contributed by atoms with van der Waals surface area (Å²) in [7, 11) is 1.73. The Labute approximate surface area is 172 Å². The molecule has 2 atom stereocenters. The average molecular weight is 402 g/mol. The Balaban J connectivity index is 1.59. The van der Waals surface area contributed by atoms with Gasteiger partial charge >= 0.3 is 0 Å². The van der Waals surface area contributed by atoms with Crippen molar-refractivity contribution in [3.8, 4) is 17.6 Å². The second-order valence-corrected chi connectivity index (χ2v) is 7.79. The maximum Gasteiger partial charge on any atom is 0.255 e. The first-order valence-electron chi connectivity index (χ1n) is 10.4. The van der Waals surface area contributed by atoms with Crippen LogP contribution < -0.4 is 14.8 Å². The molecule has 2 aliphatic heterocycles. The summed E-state index contributed by atoms with van der Waals surface area (Å²) in [4.78, 5) is 15.3. The van der Waals surface area contributed by atoms with Gasteiger partial charge in [0.15, 0.2) is 11.5 Å². The van der Waals surface area contributed by atoms with E-state index in [0.29, 0.717) is 43.2 Å². The van der Waals surface area contributed by atoms with E-state index in [4.69, 9.17) is 19.5 Å².